The number of nitrogens with one attached hydrogen (secondary N) is 2. The predicted octanol–water partition coefficient (Wildman–Crippen LogP) is 5.11. The highest BCUT2D eigenvalue weighted by Gasteiger charge is 2.30. The third-order valence-electron chi connectivity index (χ3n) is 7.65. The van der Waals surface area contributed by atoms with Crippen LogP contribution in [0.15, 0.2) is 61.1 Å². The Balaban J connectivity index is 1.43. The number of hydrogen-bond donors (Lipinski definition) is 2. The van der Waals surface area contributed by atoms with E-state index in [1.165, 1.54) is 29.3 Å². The molecule has 0 amide bonds. The van der Waals surface area contributed by atoms with Gasteiger partial charge in [-0.25, -0.2) is 26.3 Å². The van der Waals surface area contributed by atoms with Gasteiger partial charge in [0.1, 0.15) is 17.2 Å². The number of rotatable bonds is 7. The third kappa shape index (κ3) is 5.53. The highest BCUT2D eigenvalue weighted by atomic mass is 32.2. The number of halogens is 3. The Hall–Kier alpha value is -3.90. The first-order valence-corrected chi connectivity index (χ1v) is 15.1. The van der Waals surface area contributed by atoms with E-state index in [9.17, 15) is 12.8 Å². The summed E-state index contributed by atoms with van der Waals surface area (Å²) in [4.78, 5) is 6.10. The zero-order valence-corrected chi connectivity index (χ0v) is 23.0. The van der Waals surface area contributed by atoms with Crippen LogP contribution in [0.4, 0.5) is 24.5 Å². The largest absolute Gasteiger partial charge is 0.369 e. The molecule has 8 nitrogen and oxygen atoms in total. The van der Waals surface area contributed by atoms with Crippen molar-refractivity contribution in [3.05, 3.63) is 78.5 Å². The molecule has 2 aliphatic rings. The highest BCUT2D eigenvalue weighted by Crippen LogP contribution is 2.37. The van der Waals surface area contributed by atoms with Gasteiger partial charge in [0.05, 0.1) is 10.9 Å². The molecule has 1 aliphatic carbocycles. The molecule has 2 aromatic heterocycles. The van der Waals surface area contributed by atoms with Crippen molar-refractivity contribution in [2.45, 2.75) is 30.9 Å². The van der Waals surface area contributed by atoms with E-state index in [1.54, 1.807) is 24.3 Å². The Morgan fingerprint density at radius 3 is 2.37 bits per heavy atom. The fourth-order valence-corrected chi connectivity index (χ4v) is 7.09. The normalized spacial score (nSPS) is 16.3. The van der Waals surface area contributed by atoms with Crippen LogP contribution in [0.25, 0.3) is 28.1 Å². The Bertz CT molecular complexity index is 1670. The summed E-state index contributed by atoms with van der Waals surface area (Å²) in [6.45, 7) is 3.11. The first-order chi connectivity index (χ1) is 19.8. The van der Waals surface area contributed by atoms with E-state index < -0.39 is 38.4 Å². The summed E-state index contributed by atoms with van der Waals surface area (Å²) < 4.78 is 75.7. The van der Waals surface area contributed by atoms with Crippen LogP contribution in [0, 0.1) is 17.5 Å². The highest BCUT2D eigenvalue weighted by molar-refractivity contribution is 7.93. The van der Waals surface area contributed by atoms with Crippen LogP contribution in [0.1, 0.15) is 25.7 Å². The lowest BCUT2D eigenvalue weighted by Crippen LogP contribution is -2.43. The van der Waals surface area contributed by atoms with E-state index in [0.717, 1.165) is 56.8 Å². The molecule has 2 N–H and O–H groups in total. The smallest absolute Gasteiger partial charge is 0.235 e. The molecule has 0 spiro atoms. The number of sulfonamides is 1. The van der Waals surface area contributed by atoms with Gasteiger partial charge in [0.2, 0.25) is 10.0 Å². The quantitative estimate of drug-likeness (QED) is 0.315. The predicted molar refractivity (Wildman–Crippen MR) is 152 cm³/mol. The van der Waals surface area contributed by atoms with E-state index >= 15 is 8.78 Å². The summed E-state index contributed by atoms with van der Waals surface area (Å²) in [7, 11) is -3.91. The minimum Gasteiger partial charge on any atom is -0.369 e. The fraction of sp³-hybridized carbons (Fsp3) is 0.310. The molecule has 2 fully saturated rings. The molecule has 1 saturated heterocycles. The topological polar surface area (TPSA) is 92.2 Å². The minimum atomic E-state index is -3.91. The van der Waals surface area contributed by atoms with Gasteiger partial charge in [-0.15, -0.1) is 0 Å². The van der Waals surface area contributed by atoms with Crippen LogP contribution in [0.3, 0.4) is 0 Å². The minimum absolute atomic E-state index is 0.129. The second kappa shape index (κ2) is 11.2. The molecule has 12 heteroatoms. The van der Waals surface area contributed by atoms with Gasteiger partial charge in [-0.3, -0.25) is 9.71 Å². The molecule has 0 bridgehead atoms. The van der Waals surface area contributed by atoms with Gasteiger partial charge < -0.3 is 10.2 Å². The summed E-state index contributed by atoms with van der Waals surface area (Å²) in [5, 5.41) is 7.18. The monoisotopic (exact) mass is 582 g/mol. The van der Waals surface area contributed by atoms with Crippen LogP contribution in [0.5, 0.6) is 0 Å². The summed E-state index contributed by atoms with van der Waals surface area (Å²) in [6, 6.07) is 9.96. The number of nitrogens with zero attached hydrogens (tertiary/aromatic N) is 4. The van der Waals surface area contributed by atoms with Gasteiger partial charge in [0.15, 0.2) is 11.6 Å². The van der Waals surface area contributed by atoms with E-state index in [0.29, 0.717) is 18.4 Å². The molecule has 1 saturated carbocycles. The van der Waals surface area contributed by atoms with E-state index in [1.807, 2.05) is 0 Å². The second-order valence-corrected chi connectivity index (χ2v) is 12.3. The number of pyridine rings is 1. The molecule has 41 heavy (non-hydrogen) atoms. The van der Waals surface area contributed by atoms with Crippen molar-refractivity contribution in [3.8, 4) is 28.1 Å². The molecule has 6 rings (SSSR count). The molecule has 0 atom stereocenters. The average Bonchev–Trinajstić information content (AvgIpc) is 3.67. The van der Waals surface area contributed by atoms with Crippen molar-refractivity contribution in [1.82, 2.24) is 20.1 Å². The number of hydrogen-bond acceptors (Lipinski definition) is 6. The van der Waals surface area contributed by atoms with Crippen molar-refractivity contribution in [2.75, 3.05) is 35.8 Å². The summed E-state index contributed by atoms with van der Waals surface area (Å²) in [5.41, 5.74) is 1.15. The van der Waals surface area contributed by atoms with E-state index in [4.69, 9.17) is 0 Å². The number of aromatic nitrogens is 3. The van der Waals surface area contributed by atoms with Gasteiger partial charge in [-0.05, 0) is 49.2 Å². The lowest BCUT2D eigenvalue weighted by Gasteiger charge is -2.29. The zero-order valence-electron chi connectivity index (χ0n) is 22.2. The Labute approximate surface area is 236 Å². The van der Waals surface area contributed by atoms with Crippen LogP contribution >= 0.6 is 0 Å². The Morgan fingerprint density at radius 2 is 1.66 bits per heavy atom. The molecule has 0 radical (unpaired) electrons. The van der Waals surface area contributed by atoms with Gasteiger partial charge in [0, 0.05) is 73.2 Å². The standard InChI is InChI=1S/C29H29F3N6O2S/c30-20-15-23(28(32)26(16-20)36-41(39,40)22-3-1-2-4-22)24-18-38(35-29(24)19-7-9-33-10-8-19)27-6-5-21(17-25(27)31)37-13-11-34-12-14-37/h5-10,15-18,22,34,36H,1-4,11-14H2. The molecular weight excluding hydrogens is 553 g/mol. The molecular formula is C29H29F3N6O2S. The summed E-state index contributed by atoms with van der Waals surface area (Å²) in [6.07, 6.45) is 6.96. The third-order valence-corrected chi connectivity index (χ3v) is 9.50. The second-order valence-electron chi connectivity index (χ2n) is 10.3. The maximum absolute atomic E-state index is 16.0. The van der Waals surface area contributed by atoms with E-state index in [2.05, 4.69) is 25.0 Å². The van der Waals surface area contributed by atoms with Crippen molar-refractivity contribution in [2.24, 2.45) is 0 Å². The van der Waals surface area contributed by atoms with Crippen LogP contribution in [0.2, 0.25) is 0 Å². The first kappa shape index (κ1) is 27.3. The van der Waals surface area contributed by atoms with Gasteiger partial charge in [-0.1, -0.05) is 12.8 Å². The van der Waals surface area contributed by atoms with Crippen LogP contribution in [-0.2, 0) is 10.0 Å². The number of anilines is 2. The summed E-state index contributed by atoms with van der Waals surface area (Å²) in [5.74, 6) is -2.30. The first-order valence-electron chi connectivity index (χ1n) is 13.6. The molecule has 214 valence electrons. The Kier molecular flexibility index (Phi) is 7.43. The molecule has 2 aromatic carbocycles. The average molecular weight is 583 g/mol. The van der Waals surface area contributed by atoms with Gasteiger partial charge in [0.25, 0.3) is 0 Å². The lowest BCUT2D eigenvalue weighted by atomic mass is 10.0. The fourth-order valence-electron chi connectivity index (χ4n) is 5.51. The van der Waals surface area contributed by atoms with Gasteiger partial charge >= 0.3 is 0 Å². The number of benzene rings is 2. The van der Waals surface area contributed by atoms with E-state index in [-0.39, 0.29) is 22.5 Å². The Morgan fingerprint density at radius 1 is 0.927 bits per heavy atom. The maximum Gasteiger partial charge on any atom is 0.235 e. The zero-order chi connectivity index (χ0) is 28.6. The van der Waals surface area contributed by atoms with Gasteiger partial charge in [-0.2, -0.15) is 5.10 Å². The number of piperazine rings is 1. The molecule has 3 heterocycles. The molecule has 1 aliphatic heterocycles. The van der Waals surface area contributed by atoms with Crippen LogP contribution in [-0.4, -0.2) is 54.6 Å². The maximum atomic E-state index is 16.0. The van der Waals surface area contributed by atoms with Crippen LogP contribution < -0.4 is 14.9 Å². The van der Waals surface area contributed by atoms with Crippen molar-refractivity contribution >= 4 is 21.4 Å². The molecule has 0 unspecified atom stereocenters. The summed E-state index contributed by atoms with van der Waals surface area (Å²) >= 11 is 0. The lowest BCUT2D eigenvalue weighted by molar-refractivity contribution is 0.582. The van der Waals surface area contributed by atoms with Crippen molar-refractivity contribution in [3.63, 3.8) is 0 Å². The molecule has 4 aromatic rings. The van der Waals surface area contributed by atoms with Crippen molar-refractivity contribution in [1.29, 1.82) is 0 Å². The SMILES string of the molecule is O=S(=O)(Nc1cc(F)cc(-c2cn(-c3ccc(N4CCNCC4)cc3F)nc2-c2ccncc2)c1F)C1CCCC1. The van der Waals surface area contributed by atoms with Crippen molar-refractivity contribution < 1.29 is 21.6 Å².